The number of benzene rings is 1. The molecule has 0 aliphatic carbocycles. The number of hydrogen-bond acceptors (Lipinski definition) is 4. The van der Waals surface area contributed by atoms with E-state index in [1.807, 2.05) is 0 Å². The van der Waals surface area contributed by atoms with Crippen LogP contribution in [0, 0.1) is 0 Å². The van der Waals surface area contributed by atoms with E-state index in [-0.39, 0.29) is 10.8 Å². The molecule has 2 rings (SSSR count). The lowest BCUT2D eigenvalue weighted by Crippen LogP contribution is -2.35. The number of likely N-dealkylation sites (tertiary alicyclic amines) is 1. The number of hydrogen-bond donors (Lipinski definition) is 1. The Hall–Kier alpha value is -1.44. The Labute approximate surface area is 144 Å². The third kappa shape index (κ3) is 5.29. The summed E-state index contributed by atoms with van der Waals surface area (Å²) in [6, 6.07) is 6.38. The van der Waals surface area contributed by atoms with Crippen LogP contribution in [0.5, 0.6) is 0 Å². The molecule has 6 nitrogen and oxygen atoms in total. The molecule has 1 saturated heterocycles. The molecule has 1 aromatic carbocycles. The van der Waals surface area contributed by atoms with E-state index in [4.69, 9.17) is 0 Å². The van der Waals surface area contributed by atoms with Gasteiger partial charge in [-0.05, 0) is 44.1 Å². The maximum Gasteiger partial charge on any atom is 0.242 e. The average Bonchev–Trinajstić information content (AvgIpc) is 2.50. The minimum Gasteiger partial charge on any atom is -0.325 e. The smallest absolute Gasteiger partial charge is 0.242 e. The average molecular weight is 353 g/mol. The van der Waals surface area contributed by atoms with Crippen molar-refractivity contribution in [1.29, 1.82) is 0 Å². The lowest BCUT2D eigenvalue weighted by Gasteiger charge is -2.23. The molecule has 1 amide bonds. The van der Waals surface area contributed by atoms with E-state index in [1.54, 1.807) is 12.1 Å². The molecule has 1 aromatic rings. The molecular weight excluding hydrogens is 326 g/mol. The van der Waals surface area contributed by atoms with Gasteiger partial charge in [0.25, 0.3) is 0 Å². The van der Waals surface area contributed by atoms with Crippen molar-refractivity contribution >= 4 is 21.6 Å². The van der Waals surface area contributed by atoms with E-state index < -0.39 is 10.0 Å². The summed E-state index contributed by atoms with van der Waals surface area (Å²) in [5, 5.41) is 2.81. The largest absolute Gasteiger partial charge is 0.325 e. The quantitative estimate of drug-likeness (QED) is 0.880. The summed E-state index contributed by atoms with van der Waals surface area (Å²) in [5.41, 5.74) is 0.509. The molecule has 1 N–H and O–H groups in total. The van der Waals surface area contributed by atoms with Crippen LogP contribution in [0.4, 0.5) is 5.69 Å². The molecule has 7 heteroatoms. The van der Waals surface area contributed by atoms with Gasteiger partial charge in [0.2, 0.25) is 15.9 Å². The first-order chi connectivity index (χ1) is 11.4. The second-order valence-corrected chi connectivity index (χ2v) is 8.56. The van der Waals surface area contributed by atoms with Crippen LogP contribution >= 0.6 is 0 Å². The zero-order chi connectivity index (χ0) is 17.6. The third-order valence-corrected chi connectivity index (χ3v) is 6.02. The Balaban J connectivity index is 1.99. The van der Waals surface area contributed by atoms with Crippen molar-refractivity contribution in [3.05, 3.63) is 24.3 Å². The van der Waals surface area contributed by atoms with Crippen molar-refractivity contribution in [2.45, 2.75) is 37.0 Å². The van der Waals surface area contributed by atoms with Crippen LogP contribution in [0.15, 0.2) is 29.2 Å². The second kappa shape index (κ2) is 8.60. The molecule has 0 bridgehead atoms. The Morgan fingerprint density at radius 2 is 1.75 bits per heavy atom. The number of carbonyl (C=O) groups excluding carboxylic acids is 1. The van der Waals surface area contributed by atoms with Crippen LogP contribution in [0.25, 0.3) is 0 Å². The zero-order valence-corrected chi connectivity index (χ0v) is 15.3. The Morgan fingerprint density at radius 3 is 2.38 bits per heavy atom. The summed E-state index contributed by atoms with van der Waals surface area (Å²) in [6.45, 7) is 2.25. The summed E-state index contributed by atoms with van der Waals surface area (Å²) in [5.74, 6) is -0.102. The molecule has 1 aliphatic heterocycles. The molecule has 0 spiro atoms. The molecule has 1 aliphatic rings. The molecule has 24 heavy (non-hydrogen) atoms. The number of sulfonamides is 1. The van der Waals surface area contributed by atoms with Gasteiger partial charge in [-0.2, -0.15) is 0 Å². The molecule has 0 unspecified atom stereocenters. The molecule has 134 valence electrons. The monoisotopic (exact) mass is 353 g/mol. The molecular formula is C17H27N3O3S. The van der Waals surface area contributed by atoms with Crippen molar-refractivity contribution in [1.82, 2.24) is 9.21 Å². The highest BCUT2D eigenvalue weighted by Crippen LogP contribution is 2.18. The van der Waals surface area contributed by atoms with Crippen LogP contribution in [-0.2, 0) is 14.8 Å². The van der Waals surface area contributed by atoms with Gasteiger partial charge < -0.3 is 5.32 Å². The lowest BCUT2D eigenvalue weighted by molar-refractivity contribution is -0.117. The number of carbonyl (C=O) groups is 1. The van der Waals surface area contributed by atoms with Crippen LogP contribution in [-0.4, -0.2) is 57.3 Å². The normalized spacial score (nSPS) is 17.3. The van der Waals surface area contributed by atoms with Gasteiger partial charge in [-0.15, -0.1) is 0 Å². The molecule has 1 fully saturated rings. The van der Waals surface area contributed by atoms with Gasteiger partial charge in [0.1, 0.15) is 0 Å². The van der Waals surface area contributed by atoms with Crippen molar-refractivity contribution in [2.75, 3.05) is 39.0 Å². The summed E-state index contributed by atoms with van der Waals surface area (Å²) >= 11 is 0. The van der Waals surface area contributed by atoms with Crippen molar-refractivity contribution in [3.63, 3.8) is 0 Å². The standard InChI is InChI=1S/C17H27N3O3S/c1-19(2)24(22,23)16-10-8-9-15(13-16)18-17(21)14-20-11-6-4-3-5-7-12-20/h8-10,13H,3-7,11-12,14H2,1-2H3,(H,18,21). The van der Waals surface area contributed by atoms with E-state index in [0.29, 0.717) is 12.2 Å². The van der Waals surface area contributed by atoms with E-state index in [2.05, 4.69) is 10.2 Å². The highest BCUT2D eigenvalue weighted by molar-refractivity contribution is 7.89. The van der Waals surface area contributed by atoms with Crippen LogP contribution < -0.4 is 5.32 Å². The van der Waals surface area contributed by atoms with E-state index in [1.165, 1.54) is 45.5 Å². The Bertz CT molecular complexity index is 651. The first kappa shape index (κ1) is 18.9. The van der Waals surface area contributed by atoms with Crippen LogP contribution in [0.1, 0.15) is 32.1 Å². The number of rotatable bonds is 5. The maximum atomic E-state index is 12.3. The topological polar surface area (TPSA) is 69.7 Å². The Kier molecular flexibility index (Phi) is 6.77. The van der Waals surface area contributed by atoms with Crippen molar-refractivity contribution in [2.24, 2.45) is 0 Å². The summed E-state index contributed by atoms with van der Waals surface area (Å²) in [7, 11) is -0.522. The molecule has 0 radical (unpaired) electrons. The van der Waals surface area contributed by atoms with Crippen LogP contribution in [0.3, 0.4) is 0 Å². The fraction of sp³-hybridized carbons (Fsp3) is 0.588. The molecule has 0 aromatic heterocycles. The Morgan fingerprint density at radius 1 is 1.12 bits per heavy atom. The highest BCUT2D eigenvalue weighted by atomic mass is 32.2. The van der Waals surface area contributed by atoms with Gasteiger partial charge in [0.05, 0.1) is 11.4 Å². The van der Waals surface area contributed by atoms with Gasteiger partial charge >= 0.3 is 0 Å². The number of amides is 1. The summed E-state index contributed by atoms with van der Waals surface area (Å²) in [4.78, 5) is 14.6. The lowest BCUT2D eigenvalue weighted by atomic mass is 10.1. The van der Waals surface area contributed by atoms with E-state index in [0.717, 1.165) is 30.2 Å². The number of anilines is 1. The fourth-order valence-electron chi connectivity index (χ4n) is 2.82. The number of nitrogens with zero attached hydrogens (tertiary/aromatic N) is 2. The first-order valence-electron chi connectivity index (χ1n) is 8.44. The van der Waals surface area contributed by atoms with Crippen LogP contribution in [0.2, 0.25) is 0 Å². The summed E-state index contributed by atoms with van der Waals surface area (Å²) < 4.78 is 25.5. The second-order valence-electron chi connectivity index (χ2n) is 6.41. The minimum absolute atomic E-state index is 0.102. The van der Waals surface area contributed by atoms with E-state index in [9.17, 15) is 13.2 Å². The van der Waals surface area contributed by atoms with Crippen molar-refractivity contribution in [3.8, 4) is 0 Å². The van der Waals surface area contributed by atoms with Crippen molar-refractivity contribution < 1.29 is 13.2 Å². The minimum atomic E-state index is -3.50. The van der Waals surface area contributed by atoms with E-state index >= 15 is 0 Å². The number of nitrogens with one attached hydrogen (secondary N) is 1. The SMILES string of the molecule is CN(C)S(=O)(=O)c1cccc(NC(=O)CN2CCCCCCC2)c1. The molecule has 0 saturated carbocycles. The first-order valence-corrected chi connectivity index (χ1v) is 9.88. The van der Waals surface area contributed by atoms with Gasteiger partial charge in [0.15, 0.2) is 0 Å². The predicted molar refractivity (Wildman–Crippen MR) is 95.5 cm³/mol. The maximum absolute atomic E-state index is 12.3. The van der Waals surface area contributed by atoms with Gasteiger partial charge in [-0.1, -0.05) is 25.3 Å². The van der Waals surface area contributed by atoms with Gasteiger partial charge in [-0.3, -0.25) is 9.69 Å². The third-order valence-electron chi connectivity index (χ3n) is 4.21. The van der Waals surface area contributed by atoms with Gasteiger partial charge in [0, 0.05) is 19.8 Å². The molecule has 0 atom stereocenters. The summed E-state index contributed by atoms with van der Waals surface area (Å²) in [6.07, 6.45) is 5.99. The fourth-order valence-corrected chi connectivity index (χ4v) is 3.77. The highest BCUT2D eigenvalue weighted by Gasteiger charge is 2.18. The molecule has 1 heterocycles. The predicted octanol–water partition coefficient (Wildman–Crippen LogP) is 2.14. The van der Waals surface area contributed by atoms with Gasteiger partial charge in [-0.25, -0.2) is 12.7 Å². The zero-order valence-electron chi connectivity index (χ0n) is 14.5.